The van der Waals surface area contributed by atoms with E-state index < -0.39 is 17.7 Å². The van der Waals surface area contributed by atoms with Gasteiger partial charge in [0.25, 0.3) is 11.7 Å². The third-order valence-corrected chi connectivity index (χ3v) is 6.07. The van der Waals surface area contributed by atoms with Gasteiger partial charge < -0.3 is 19.6 Å². The van der Waals surface area contributed by atoms with E-state index in [1.807, 2.05) is 49.3 Å². The first-order chi connectivity index (χ1) is 15.5. The fraction of sp³-hybridized carbons (Fsp3) is 0.360. The van der Waals surface area contributed by atoms with Crippen LogP contribution in [-0.2, 0) is 14.3 Å². The van der Waals surface area contributed by atoms with Crippen LogP contribution in [0.5, 0.6) is 0 Å². The van der Waals surface area contributed by atoms with Gasteiger partial charge >= 0.3 is 0 Å². The van der Waals surface area contributed by atoms with Crippen LogP contribution in [0, 0.1) is 0 Å². The highest BCUT2D eigenvalue weighted by Crippen LogP contribution is 2.39. The van der Waals surface area contributed by atoms with E-state index in [9.17, 15) is 14.7 Å². The molecule has 0 radical (unpaired) electrons. The Bertz CT molecular complexity index is 996. The fourth-order valence-corrected chi connectivity index (χ4v) is 4.24. The second-order valence-electron chi connectivity index (χ2n) is 8.30. The number of carbonyl (C=O) groups excluding carboxylic acids is 2. The molecule has 1 atom stereocenters. The number of likely N-dealkylation sites (tertiary alicyclic amines) is 1. The third-order valence-electron chi connectivity index (χ3n) is 6.07. The van der Waals surface area contributed by atoms with Crippen molar-refractivity contribution in [1.82, 2.24) is 9.80 Å². The van der Waals surface area contributed by atoms with Crippen LogP contribution in [0.4, 0.5) is 5.69 Å². The summed E-state index contributed by atoms with van der Waals surface area (Å²) < 4.78 is 5.41. The van der Waals surface area contributed by atoms with Crippen molar-refractivity contribution in [2.24, 2.45) is 0 Å². The number of aliphatic hydroxyl groups excluding tert-OH is 1. The van der Waals surface area contributed by atoms with Gasteiger partial charge in [0.05, 0.1) is 24.8 Å². The summed E-state index contributed by atoms with van der Waals surface area (Å²) in [7, 11) is 3.91. The molecule has 2 aromatic carbocycles. The molecule has 168 valence electrons. The molecular formula is C25H29N3O4. The molecule has 4 rings (SSSR count). The first-order valence-electron chi connectivity index (χ1n) is 10.9. The van der Waals surface area contributed by atoms with Crippen LogP contribution in [0.25, 0.3) is 5.76 Å². The lowest BCUT2D eigenvalue weighted by Gasteiger charge is -2.31. The zero-order valence-corrected chi connectivity index (χ0v) is 18.5. The van der Waals surface area contributed by atoms with Crippen molar-refractivity contribution in [2.75, 3.05) is 58.4 Å². The number of ketones is 1. The van der Waals surface area contributed by atoms with E-state index in [0.717, 1.165) is 24.3 Å². The normalized spacial score (nSPS) is 21.2. The van der Waals surface area contributed by atoms with Gasteiger partial charge in [-0.2, -0.15) is 0 Å². The minimum absolute atomic E-state index is 0.139. The maximum atomic E-state index is 13.1. The van der Waals surface area contributed by atoms with Gasteiger partial charge in [0.1, 0.15) is 5.76 Å². The number of carbonyl (C=O) groups is 2. The Labute approximate surface area is 188 Å². The number of amides is 1. The number of ether oxygens (including phenoxy) is 1. The Morgan fingerprint density at radius 3 is 2.28 bits per heavy atom. The zero-order valence-electron chi connectivity index (χ0n) is 18.5. The van der Waals surface area contributed by atoms with Crippen LogP contribution in [-0.4, -0.2) is 80.1 Å². The topological polar surface area (TPSA) is 73.3 Å². The number of nitrogens with zero attached hydrogens (tertiary/aromatic N) is 3. The minimum atomic E-state index is -0.644. The summed E-state index contributed by atoms with van der Waals surface area (Å²) >= 11 is 0. The number of morpholine rings is 1. The Morgan fingerprint density at radius 1 is 1.00 bits per heavy atom. The molecule has 7 heteroatoms. The van der Waals surface area contributed by atoms with Gasteiger partial charge in [0.2, 0.25) is 0 Å². The summed E-state index contributed by atoms with van der Waals surface area (Å²) in [6, 6.07) is 16.0. The van der Waals surface area contributed by atoms with Crippen molar-refractivity contribution in [3.05, 3.63) is 71.3 Å². The van der Waals surface area contributed by atoms with Crippen LogP contribution < -0.4 is 4.90 Å². The highest BCUT2D eigenvalue weighted by Gasteiger charge is 2.46. The van der Waals surface area contributed by atoms with E-state index >= 15 is 0 Å². The van der Waals surface area contributed by atoms with Crippen LogP contribution in [0.2, 0.25) is 0 Å². The largest absolute Gasteiger partial charge is 0.507 e. The van der Waals surface area contributed by atoms with E-state index in [1.54, 1.807) is 29.2 Å². The Morgan fingerprint density at radius 2 is 1.66 bits per heavy atom. The summed E-state index contributed by atoms with van der Waals surface area (Å²) in [6.07, 6.45) is 0. The highest BCUT2D eigenvalue weighted by molar-refractivity contribution is 6.46. The van der Waals surface area contributed by atoms with E-state index in [4.69, 9.17) is 4.74 Å². The van der Waals surface area contributed by atoms with Crippen molar-refractivity contribution in [2.45, 2.75) is 6.04 Å². The smallest absolute Gasteiger partial charge is 0.295 e. The van der Waals surface area contributed by atoms with Gasteiger partial charge in [-0.3, -0.25) is 14.5 Å². The van der Waals surface area contributed by atoms with Gasteiger partial charge in [-0.15, -0.1) is 0 Å². The zero-order chi connectivity index (χ0) is 22.7. The summed E-state index contributed by atoms with van der Waals surface area (Å²) in [5.41, 5.74) is 2.48. The maximum Gasteiger partial charge on any atom is 0.295 e. The SMILES string of the molecule is CN(C)c1ccc([C@H]2C(=C(O)c3ccccc3)C(=O)C(=O)N2CCN2CCOCC2)cc1. The molecule has 7 nitrogen and oxygen atoms in total. The number of rotatable bonds is 6. The van der Waals surface area contributed by atoms with Gasteiger partial charge in [0, 0.05) is 51.5 Å². The lowest BCUT2D eigenvalue weighted by molar-refractivity contribution is -0.140. The molecule has 1 N–H and O–H groups in total. The molecule has 1 amide bonds. The minimum Gasteiger partial charge on any atom is -0.507 e. The molecule has 2 heterocycles. The van der Waals surface area contributed by atoms with Crippen molar-refractivity contribution in [3.63, 3.8) is 0 Å². The van der Waals surface area contributed by atoms with E-state index in [2.05, 4.69) is 4.90 Å². The predicted molar refractivity (Wildman–Crippen MR) is 123 cm³/mol. The molecule has 2 aliphatic heterocycles. The van der Waals surface area contributed by atoms with E-state index in [1.165, 1.54) is 0 Å². The average molecular weight is 436 g/mol. The molecule has 0 saturated carbocycles. The predicted octanol–water partition coefficient (Wildman–Crippen LogP) is 2.51. The molecule has 32 heavy (non-hydrogen) atoms. The number of benzene rings is 2. The van der Waals surface area contributed by atoms with Crippen LogP contribution >= 0.6 is 0 Å². The molecule has 0 unspecified atom stereocenters. The third kappa shape index (κ3) is 4.40. The Balaban J connectivity index is 1.72. The molecule has 0 aliphatic carbocycles. The summed E-state index contributed by atoms with van der Waals surface area (Å²) in [5.74, 6) is -1.35. The lowest BCUT2D eigenvalue weighted by atomic mass is 9.95. The summed E-state index contributed by atoms with van der Waals surface area (Å²) in [5, 5.41) is 11.1. The van der Waals surface area contributed by atoms with Gasteiger partial charge in [0.15, 0.2) is 0 Å². The van der Waals surface area contributed by atoms with Crippen molar-refractivity contribution in [1.29, 1.82) is 0 Å². The lowest BCUT2D eigenvalue weighted by Crippen LogP contribution is -2.42. The highest BCUT2D eigenvalue weighted by atomic mass is 16.5. The molecule has 0 aromatic heterocycles. The second kappa shape index (κ2) is 9.54. The van der Waals surface area contributed by atoms with Gasteiger partial charge in [-0.25, -0.2) is 0 Å². The number of aliphatic hydroxyl groups is 1. The first kappa shape index (κ1) is 22.0. The Hall–Kier alpha value is -3.16. The van der Waals surface area contributed by atoms with Crippen molar-refractivity contribution < 1.29 is 19.4 Å². The molecule has 2 aliphatic rings. The van der Waals surface area contributed by atoms with Crippen molar-refractivity contribution in [3.8, 4) is 0 Å². The van der Waals surface area contributed by atoms with E-state index in [-0.39, 0.29) is 11.3 Å². The van der Waals surface area contributed by atoms with Gasteiger partial charge in [-0.1, -0.05) is 42.5 Å². The monoisotopic (exact) mass is 435 g/mol. The summed E-state index contributed by atoms with van der Waals surface area (Å²) in [6.45, 7) is 3.99. The van der Waals surface area contributed by atoms with Gasteiger partial charge in [-0.05, 0) is 17.7 Å². The molecule has 2 saturated heterocycles. The van der Waals surface area contributed by atoms with Crippen LogP contribution in [0.15, 0.2) is 60.2 Å². The quantitative estimate of drug-likeness (QED) is 0.427. The molecular weight excluding hydrogens is 406 g/mol. The van der Waals surface area contributed by atoms with Crippen molar-refractivity contribution >= 4 is 23.1 Å². The summed E-state index contributed by atoms with van der Waals surface area (Å²) in [4.78, 5) is 32.0. The van der Waals surface area contributed by atoms with E-state index in [0.29, 0.717) is 31.9 Å². The molecule has 2 aromatic rings. The van der Waals surface area contributed by atoms with Crippen LogP contribution in [0.1, 0.15) is 17.2 Å². The fourth-order valence-electron chi connectivity index (χ4n) is 4.24. The number of anilines is 1. The molecule has 2 fully saturated rings. The number of Topliss-reactive ketones (excluding diaryl/α,β-unsaturated/α-hetero) is 1. The maximum absolute atomic E-state index is 13.1. The Kier molecular flexibility index (Phi) is 6.58. The van der Waals surface area contributed by atoms with Crippen LogP contribution in [0.3, 0.4) is 0 Å². The molecule has 0 bridgehead atoms. The molecule has 0 spiro atoms. The standard InChI is InChI=1S/C25H29N3O4/c1-26(2)20-10-8-18(9-11-20)22-21(23(29)19-6-4-3-5-7-19)24(30)25(31)28(22)13-12-27-14-16-32-17-15-27/h3-11,22,29H,12-17H2,1-2H3/t22-/m0/s1. The second-order valence-corrected chi connectivity index (χ2v) is 8.30. The number of hydrogen-bond donors (Lipinski definition) is 1. The first-order valence-corrected chi connectivity index (χ1v) is 10.9. The number of hydrogen-bond acceptors (Lipinski definition) is 6. The average Bonchev–Trinajstić information content (AvgIpc) is 3.08.